The topological polar surface area (TPSA) is 34.4 Å². The lowest BCUT2D eigenvalue weighted by molar-refractivity contribution is 0.0998. The molecule has 4 aromatic rings. The standard InChI is InChI=1S/C23H14F2N2OS/c1-2-12-27-21-19(25)13-18(24)14-20(21)29-23(27)26-22(28)17-10-8-16(9-11-17)15-6-4-3-5-7-15/h1,3-11,13-14H,12H2. The lowest BCUT2D eigenvalue weighted by Gasteiger charge is -2.03. The Kier molecular flexibility index (Phi) is 5.07. The molecule has 142 valence electrons. The van der Waals surface area contributed by atoms with Crippen molar-refractivity contribution in [1.82, 2.24) is 4.57 Å². The van der Waals surface area contributed by atoms with E-state index in [-0.39, 0.29) is 16.9 Å². The van der Waals surface area contributed by atoms with Crippen molar-refractivity contribution in [3.05, 3.63) is 88.7 Å². The van der Waals surface area contributed by atoms with Gasteiger partial charge >= 0.3 is 0 Å². The second-order valence-electron chi connectivity index (χ2n) is 6.27. The summed E-state index contributed by atoms with van der Waals surface area (Å²) in [6, 6.07) is 18.8. The minimum Gasteiger partial charge on any atom is -0.302 e. The van der Waals surface area contributed by atoms with Crippen LogP contribution in [0.1, 0.15) is 10.4 Å². The van der Waals surface area contributed by atoms with E-state index < -0.39 is 17.5 Å². The van der Waals surface area contributed by atoms with Crippen molar-refractivity contribution >= 4 is 27.5 Å². The summed E-state index contributed by atoms with van der Waals surface area (Å²) >= 11 is 1.02. The lowest BCUT2D eigenvalue weighted by atomic mass is 10.0. The summed E-state index contributed by atoms with van der Waals surface area (Å²) in [6.45, 7) is 0.0155. The van der Waals surface area contributed by atoms with Crippen LogP contribution in [0.25, 0.3) is 21.3 Å². The van der Waals surface area contributed by atoms with E-state index in [0.29, 0.717) is 10.3 Å². The van der Waals surface area contributed by atoms with Gasteiger partial charge in [-0.3, -0.25) is 4.79 Å². The van der Waals surface area contributed by atoms with Gasteiger partial charge in [-0.1, -0.05) is 59.7 Å². The largest absolute Gasteiger partial charge is 0.302 e. The van der Waals surface area contributed by atoms with Crippen LogP contribution in [0.15, 0.2) is 71.7 Å². The van der Waals surface area contributed by atoms with E-state index in [1.54, 1.807) is 12.1 Å². The number of hydrogen-bond acceptors (Lipinski definition) is 2. The molecule has 0 atom stereocenters. The van der Waals surface area contributed by atoms with Crippen LogP contribution in [-0.4, -0.2) is 10.5 Å². The van der Waals surface area contributed by atoms with Gasteiger partial charge in [0.15, 0.2) is 10.6 Å². The Morgan fingerprint density at radius 1 is 1.03 bits per heavy atom. The molecule has 1 heterocycles. The second-order valence-corrected chi connectivity index (χ2v) is 7.28. The highest BCUT2D eigenvalue weighted by Gasteiger charge is 2.14. The van der Waals surface area contributed by atoms with Gasteiger partial charge in [0.25, 0.3) is 5.91 Å². The highest BCUT2D eigenvalue weighted by molar-refractivity contribution is 7.16. The molecule has 1 amide bonds. The SMILES string of the molecule is C#CCn1c(=NC(=O)c2ccc(-c3ccccc3)cc2)sc2cc(F)cc(F)c21. The number of carbonyl (C=O) groups excluding carboxylic acids is 1. The van der Waals surface area contributed by atoms with Gasteiger partial charge in [0, 0.05) is 11.6 Å². The number of nitrogens with zero attached hydrogens (tertiary/aromatic N) is 2. The quantitative estimate of drug-likeness (QED) is 0.442. The molecule has 0 aliphatic rings. The Labute approximate surface area is 169 Å². The average Bonchev–Trinajstić information content (AvgIpc) is 3.06. The number of fused-ring (bicyclic) bond motifs is 1. The maximum Gasteiger partial charge on any atom is 0.279 e. The fourth-order valence-corrected chi connectivity index (χ4v) is 4.11. The first-order chi connectivity index (χ1) is 14.1. The lowest BCUT2D eigenvalue weighted by Crippen LogP contribution is -2.17. The summed E-state index contributed by atoms with van der Waals surface area (Å²) in [5.74, 6) is 0.499. The third-order valence-electron chi connectivity index (χ3n) is 4.38. The van der Waals surface area contributed by atoms with Gasteiger partial charge in [0.2, 0.25) is 0 Å². The first kappa shape index (κ1) is 18.8. The zero-order valence-electron chi connectivity index (χ0n) is 15.1. The zero-order chi connectivity index (χ0) is 20.4. The summed E-state index contributed by atoms with van der Waals surface area (Å²) in [5.41, 5.74) is 2.54. The molecule has 0 saturated heterocycles. The summed E-state index contributed by atoms with van der Waals surface area (Å²) in [4.78, 5) is 17.0. The van der Waals surface area contributed by atoms with Gasteiger partial charge in [-0.2, -0.15) is 4.99 Å². The highest BCUT2D eigenvalue weighted by Crippen LogP contribution is 2.23. The van der Waals surface area contributed by atoms with Crippen molar-refractivity contribution in [1.29, 1.82) is 0 Å². The number of carbonyl (C=O) groups is 1. The molecular weight excluding hydrogens is 390 g/mol. The number of thiazole rings is 1. The molecule has 0 bridgehead atoms. The van der Waals surface area contributed by atoms with E-state index >= 15 is 0 Å². The van der Waals surface area contributed by atoms with Crippen LogP contribution in [0.4, 0.5) is 8.78 Å². The average molecular weight is 404 g/mol. The molecule has 3 aromatic carbocycles. The normalized spacial score (nSPS) is 11.6. The molecule has 3 nitrogen and oxygen atoms in total. The fourth-order valence-electron chi connectivity index (χ4n) is 3.04. The molecule has 4 rings (SSSR count). The number of rotatable bonds is 3. The van der Waals surface area contributed by atoms with Gasteiger partial charge in [-0.05, 0) is 29.3 Å². The van der Waals surface area contributed by atoms with Gasteiger partial charge in [-0.25, -0.2) is 8.78 Å². The Bertz CT molecular complexity index is 1310. The smallest absolute Gasteiger partial charge is 0.279 e. The Balaban J connectivity index is 1.75. The molecule has 0 aliphatic heterocycles. The van der Waals surface area contributed by atoms with Crippen LogP contribution in [0.5, 0.6) is 0 Å². The van der Waals surface area contributed by atoms with Crippen molar-refractivity contribution in [2.24, 2.45) is 4.99 Å². The third-order valence-corrected chi connectivity index (χ3v) is 5.41. The van der Waals surface area contributed by atoms with Gasteiger partial charge in [-0.15, -0.1) is 6.42 Å². The van der Waals surface area contributed by atoms with E-state index in [1.807, 2.05) is 42.5 Å². The number of amides is 1. The molecule has 0 spiro atoms. The van der Waals surface area contributed by atoms with Crippen LogP contribution < -0.4 is 4.80 Å². The number of aromatic nitrogens is 1. The zero-order valence-corrected chi connectivity index (χ0v) is 15.9. The van der Waals surface area contributed by atoms with Crippen molar-refractivity contribution in [3.8, 4) is 23.5 Å². The highest BCUT2D eigenvalue weighted by atomic mass is 32.1. The van der Waals surface area contributed by atoms with Crippen LogP contribution in [-0.2, 0) is 6.54 Å². The van der Waals surface area contributed by atoms with Crippen molar-refractivity contribution in [2.45, 2.75) is 6.54 Å². The van der Waals surface area contributed by atoms with Crippen LogP contribution in [0.3, 0.4) is 0 Å². The molecule has 0 N–H and O–H groups in total. The van der Waals surface area contributed by atoms with Gasteiger partial charge in [0.05, 0.1) is 16.8 Å². The second kappa shape index (κ2) is 7.82. The first-order valence-electron chi connectivity index (χ1n) is 8.73. The van der Waals surface area contributed by atoms with Crippen LogP contribution >= 0.6 is 11.3 Å². The number of terminal acetylenes is 1. The predicted octanol–water partition coefficient (Wildman–Crippen LogP) is 5.02. The minimum absolute atomic E-state index is 0.0155. The predicted molar refractivity (Wildman–Crippen MR) is 110 cm³/mol. The molecule has 0 fully saturated rings. The maximum absolute atomic E-state index is 14.3. The summed E-state index contributed by atoms with van der Waals surface area (Å²) in [5, 5.41) is 0. The summed E-state index contributed by atoms with van der Waals surface area (Å²) < 4.78 is 29.6. The molecule has 29 heavy (non-hydrogen) atoms. The molecule has 6 heteroatoms. The Morgan fingerprint density at radius 3 is 2.41 bits per heavy atom. The molecular formula is C23H14F2N2OS. The third kappa shape index (κ3) is 3.73. The monoisotopic (exact) mass is 404 g/mol. The number of halogens is 2. The first-order valence-corrected chi connectivity index (χ1v) is 9.55. The van der Waals surface area contributed by atoms with E-state index in [0.717, 1.165) is 28.5 Å². The summed E-state index contributed by atoms with van der Waals surface area (Å²) in [7, 11) is 0. The van der Waals surface area contributed by atoms with Crippen molar-refractivity contribution in [2.75, 3.05) is 0 Å². The van der Waals surface area contributed by atoms with Crippen molar-refractivity contribution in [3.63, 3.8) is 0 Å². The van der Waals surface area contributed by atoms with E-state index in [1.165, 1.54) is 10.6 Å². The van der Waals surface area contributed by atoms with Gasteiger partial charge < -0.3 is 4.57 Å². The number of benzene rings is 3. The fraction of sp³-hybridized carbons (Fsp3) is 0.0435. The van der Waals surface area contributed by atoms with E-state index in [4.69, 9.17) is 6.42 Å². The van der Waals surface area contributed by atoms with E-state index in [9.17, 15) is 13.6 Å². The molecule has 0 unspecified atom stereocenters. The Morgan fingerprint density at radius 2 is 1.72 bits per heavy atom. The van der Waals surface area contributed by atoms with Crippen molar-refractivity contribution < 1.29 is 13.6 Å². The molecule has 0 saturated carbocycles. The number of hydrogen-bond donors (Lipinski definition) is 0. The molecule has 1 aromatic heterocycles. The Hall–Kier alpha value is -3.56. The molecule has 0 radical (unpaired) electrons. The van der Waals surface area contributed by atoms with Crippen LogP contribution in [0, 0.1) is 24.0 Å². The minimum atomic E-state index is -0.743. The van der Waals surface area contributed by atoms with Crippen LogP contribution in [0.2, 0.25) is 0 Å². The summed E-state index contributed by atoms with van der Waals surface area (Å²) in [6.07, 6.45) is 5.38. The maximum atomic E-state index is 14.3. The van der Waals surface area contributed by atoms with E-state index in [2.05, 4.69) is 10.9 Å². The van der Waals surface area contributed by atoms with Gasteiger partial charge in [0.1, 0.15) is 5.82 Å². The molecule has 0 aliphatic carbocycles.